The van der Waals surface area contributed by atoms with Gasteiger partial charge in [0.25, 0.3) is 0 Å². The summed E-state index contributed by atoms with van der Waals surface area (Å²) in [6, 6.07) is -0.213. The number of hydrogen-bond donors (Lipinski definition) is 1. The molecule has 1 unspecified atom stereocenters. The van der Waals surface area contributed by atoms with Crippen LogP contribution in [0.3, 0.4) is 0 Å². The number of carbonyl (C=O) groups excluding carboxylic acids is 3. The Hall–Kier alpha value is -1.59. The molecule has 0 saturated carbocycles. The molecule has 2 heterocycles. The summed E-state index contributed by atoms with van der Waals surface area (Å²) in [7, 11) is 0. The average molecular weight is 351 g/mol. The normalized spacial score (nSPS) is 22.6. The van der Waals surface area contributed by atoms with Gasteiger partial charge in [0.05, 0.1) is 0 Å². The first-order valence-electron chi connectivity index (χ1n) is 9.48. The maximum Gasteiger partial charge on any atom is 0.243 e. The molecule has 0 aromatic rings. The van der Waals surface area contributed by atoms with Crippen molar-refractivity contribution in [2.24, 2.45) is 5.41 Å². The standard InChI is InChI=1S/C19H33N3O3/c1-13(2)20-18(25)15-6-7-16(23)22(15)14-8-10-21(11-9-14)17(24)12-19(3,4)5/h13-15H,6-12H2,1-5H3,(H,20,25). The Balaban J connectivity index is 1.95. The number of nitrogens with one attached hydrogen (secondary N) is 1. The highest BCUT2D eigenvalue weighted by Crippen LogP contribution is 2.28. The highest BCUT2D eigenvalue weighted by atomic mass is 16.2. The van der Waals surface area contributed by atoms with Crippen LogP contribution in [-0.4, -0.2) is 58.7 Å². The fourth-order valence-electron chi connectivity index (χ4n) is 3.76. The number of nitrogens with zero attached hydrogens (tertiary/aromatic N) is 2. The second-order valence-electron chi connectivity index (χ2n) is 8.87. The molecule has 2 rings (SSSR count). The largest absolute Gasteiger partial charge is 0.352 e. The minimum Gasteiger partial charge on any atom is -0.352 e. The molecule has 6 heteroatoms. The smallest absolute Gasteiger partial charge is 0.243 e. The molecule has 25 heavy (non-hydrogen) atoms. The molecule has 3 amide bonds. The Labute approximate surface area is 151 Å². The molecule has 1 N–H and O–H groups in total. The zero-order valence-electron chi connectivity index (χ0n) is 16.3. The summed E-state index contributed by atoms with van der Waals surface area (Å²) in [6.45, 7) is 11.4. The van der Waals surface area contributed by atoms with Crippen LogP contribution in [0, 0.1) is 5.41 Å². The summed E-state index contributed by atoms with van der Waals surface area (Å²) >= 11 is 0. The lowest BCUT2D eigenvalue weighted by molar-refractivity contribution is -0.141. The SMILES string of the molecule is CC(C)NC(=O)C1CCC(=O)N1C1CCN(C(=O)CC(C)(C)C)CC1. The Bertz CT molecular complexity index is 516. The molecule has 0 aromatic heterocycles. The highest BCUT2D eigenvalue weighted by molar-refractivity contribution is 5.91. The first kappa shape index (κ1) is 19.7. The summed E-state index contributed by atoms with van der Waals surface area (Å²) in [5.41, 5.74) is -0.0150. The number of amides is 3. The Morgan fingerprint density at radius 2 is 1.76 bits per heavy atom. The van der Waals surface area contributed by atoms with Gasteiger partial charge in [0.2, 0.25) is 17.7 Å². The third-order valence-electron chi connectivity index (χ3n) is 4.88. The molecule has 0 aliphatic carbocycles. The van der Waals surface area contributed by atoms with E-state index in [4.69, 9.17) is 0 Å². The molecule has 6 nitrogen and oxygen atoms in total. The van der Waals surface area contributed by atoms with Crippen LogP contribution in [0.4, 0.5) is 0 Å². The molecule has 1 atom stereocenters. The van der Waals surface area contributed by atoms with Gasteiger partial charge in [0, 0.05) is 38.0 Å². The van der Waals surface area contributed by atoms with Gasteiger partial charge in [-0.25, -0.2) is 0 Å². The maximum atomic E-state index is 12.4. The molecule has 2 fully saturated rings. The van der Waals surface area contributed by atoms with Crippen molar-refractivity contribution in [3.63, 3.8) is 0 Å². The van der Waals surface area contributed by atoms with Crippen molar-refractivity contribution < 1.29 is 14.4 Å². The van der Waals surface area contributed by atoms with Crippen molar-refractivity contribution in [2.75, 3.05) is 13.1 Å². The number of piperidine rings is 1. The van der Waals surface area contributed by atoms with Gasteiger partial charge in [-0.2, -0.15) is 0 Å². The van der Waals surface area contributed by atoms with E-state index in [1.54, 1.807) is 4.90 Å². The fourth-order valence-corrected chi connectivity index (χ4v) is 3.76. The predicted octanol–water partition coefficient (Wildman–Crippen LogP) is 1.93. The van der Waals surface area contributed by atoms with Crippen molar-refractivity contribution in [2.45, 2.75) is 84.8 Å². The van der Waals surface area contributed by atoms with E-state index in [1.165, 1.54) is 0 Å². The van der Waals surface area contributed by atoms with Crippen LogP contribution in [0.15, 0.2) is 0 Å². The summed E-state index contributed by atoms with van der Waals surface area (Å²) < 4.78 is 0. The zero-order chi connectivity index (χ0) is 18.8. The second kappa shape index (κ2) is 7.75. The van der Waals surface area contributed by atoms with Gasteiger partial charge in [0.15, 0.2) is 0 Å². The first-order chi connectivity index (χ1) is 11.6. The second-order valence-corrected chi connectivity index (χ2v) is 8.87. The minimum atomic E-state index is -0.350. The highest BCUT2D eigenvalue weighted by Gasteiger charge is 2.41. The van der Waals surface area contributed by atoms with Gasteiger partial charge in [0.1, 0.15) is 6.04 Å². The maximum absolute atomic E-state index is 12.4. The van der Waals surface area contributed by atoms with E-state index in [2.05, 4.69) is 26.1 Å². The van der Waals surface area contributed by atoms with E-state index in [9.17, 15) is 14.4 Å². The molecule has 0 bridgehead atoms. The summed E-state index contributed by atoms with van der Waals surface area (Å²) in [4.78, 5) is 40.8. The van der Waals surface area contributed by atoms with E-state index >= 15 is 0 Å². The summed E-state index contributed by atoms with van der Waals surface area (Å²) in [5, 5.41) is 2.93. The van der Waals surface area contributed by atoms with Crippen LogP contribution in [0.25, 0.3) is 0 Å². The molecular formula is C19H33N3O3. The van der Waals surface area contributed by atoms with E-state index in [1.807, 2.05) is 18.7 Å². The Morgan fingerprint density at radius 1 is 1.16 bits per heavy atom. The van der Waals surface area contributed by atoms with Crippen molar-refractivity contribution in [1.29, 1.82) is 0 Å². The quantitative estimate of drug-likeness (QED) is 0.841. The molecule has 0 radical (unpaired) electrons. The van der Waals surface area contributed by atoms with Crippen LogP contribution in [0.2, 0.25) is 0 Å². The van der Waals surface area contributed by atoms with Crippen LogP contribution in [0.1, 0.15) is 66.7 Å². The minimum absolute atomic E-state index is 0.0150. The first-order valence-corrected chi connectivity index (χ1v) is 9.48. The summed E-state index contributed by atoms with van der Waals surface area (Å²) in [6.07, 6.45) is 3.10. The van der Waals surface area contributed by atoms with Crippen molar-refractivity contribution in [3.8, 4) is 0 Å². The van der Waals surface area contributed by atoms with Gasteiger partial charge in [-0.3, -0.25) is 14.4 Å². The van der Waals surface area contributed by atoms with Crippen molar-refractivity contribution in [1.82, 2.24) is 15.1 Å². The third kappa shape index (κ3) is 5.19. The Morgan fingerprint density at radius 3 is 2.28 bits per heavy atom. The lowest BCUT2D eigenvalue weighted by atomic mass is 9.91. The number of hydrogen-bond acceptors (Lipinski definition) is 3. The van der Waals surface area contributed by atoms with Gasteiger partial charge in [-0.05, 0) is 38.5 Å². The van der Waals surface area contributed by atoms with Gasteiger partial charge in [-0.1, -0.05) is 20.8 Å². The molecule has 2 aliphatic rings. The van der Waals surface area contributed by atoms with Gasteiger partial charge < -0.3 is 15.1 Å². The van der Waals surface area contributed by atoms with Crippen LogP contribution in [0.5, 0.6) is 0 Å². The fraction of sp³-hybridized carbons (Fsp3) is 0.842. The molecular weight excluding hydrogens is 318 g/mol. The molecule has 2 saturated heterocycles. The van der Waals surface area contributed by atoms with Crippen molar-refractivity contribution >= 4 is 17.7 Å². The van der Waals surface area contributed by atoms with Crippen molar-refractivity contribution in [3.05, 3.63) is 0 Å². The monoisotopic (exact) mass is 351 g/mol. The van der Waals surface area contributed by atoms with Crippen LogP contribution in [-0.2, 0) is 14.4 Å². The van der Waals surface area contributed by atoms with Gasteiger partial charge in [-0.15, -0.1) is 0 Å². The van der Waals surface area contributed by atoms with E-state index in [0.29, 0.717) is 32.4 Å². The molecule has 0 aromatic carbocycles. The Kier molecular flexibility index (Phi) is 6.12. The van der Waals surface area contributed by atoms with E-state index in [-0.39, 0.29) is 41.3 Å². The van der Waals surface area contributed by atoms with Crippen LogP contribution >= 0.6 is 0 Å². The average Bonchev–Trinajstić information content (AvgIpc) is 2.87. The lowest BCUT2D eigenvalue weighted by Crippen LogP contribution is -2.54. The zero-order valence-corrected chi connectivity index (χ0v) is 16.3. The number of likely N-dealkylation sites (tertiary alicyclic amines) is 2. The van der Waals surface area contributed by atoms with Crippen LogP contribution < -0.4 is 5.32 Å². The number of rotatable bonds is 4. The summed E-state index contributed by atoms with van der Waals surface area (Å²) in [5.74, 6) is 0.211. The van der Waals surface area contributed by atoms with Gasteiger partial charge >= 0.3 is 0 Å². The topological polar surface area (TPSA) is 69.7 Å². The predicted molar refractivity (Wildman–Crippen MR) is 96.8 cm³/mol. The number of carbonyl (C=O) groups is 3. The molecule has 142 valence electrons. The molecule has 2 aliphatic heterocycles. The van der Waals surface area contributed by atoms with E-state index < -0.39 is 0 Å². The third-order valence-corrected chi connectivity index (χ3v) is 4.88. The molecule has 0 spiro atoms. The van der Waals surface area contributed by atoms with E-state index in [0.717, 1.165) is 12.8 Å². The lowest BCUT2D eigenvalue weighted by Gasteiger charge is -2.39.